The molecule has 0 bridgehead atoms. The van der Waals surface area contributed by atoms with Crippen molar-refractivity contribution in [2.45, 2.75) is 25.1 Å². The molecule has 0 amide bonds. The van der Waals surface area contributed by atoms with Gasteiger partial charge in [-0.05, 0) is 0 Å². The quantitative estimate of drug-likeness (QED) is 0.795. The summed E-state index contributed by atoms with van der Waals surface area (Å²) >= 11 is 5.62. The maximum Gasteiger partial charge on any atom is 0.451 e. The van der Waals surface area contributed by atoms with Crippen molar-refractivity contribution in [3.63, 3.8) is 0 Å². The fourth-order valence-corrected chi connectivity index (χ4v) is 2.16. The van der Waals surface area contributed by atoms with E-state index in [-0.39, 0.29) is 24.8 Å². The molecular formula is C10H9ClF3N5O. The lowest BCUT2D eigenvalue weighted by molar-refractivity contribution is -0.147. The third-order valence-corrected chi connectivity index (χ3v) is 3.23. The lowest BCUT2D eigenvalue weighted by Gasteiger charge is -2.26. The number of aromatic nitrogens is 4. The molecule has 0 aliphatic carbocycles. The molecule has 1 aliphatic heterocycles. The van der Waals surface area contributed by atoms with E-state index < -0.39 is 12.0 Å². The minimum absolute atomic E-state index is 0.121. The van der Waals surface area contributed by atoms with Gasteiger partial charge in [0, 0.05) is 13.1 Å². The van der Waals surface area contributed by atoms with Crippen molar-refractivity contribution < 1.29 is 17.6 Å². The number of fused-ring (bicyclic) bond motifs is 1. The van der Waals surface area contributed by atoms with E-state index in [0.29, 0.717) is 18.3 Å². The van der Waals surface area contributed by atoms with Gasteiger partial charge in [0.05, 0.1) is 18.1 Å². The third-order valence-electron chi connectivity index (χ3n) is 2.95. The number of hydrogen-bond acceptors (Lipinski definition) is 5. The van der Waals surface area contributed by atoms with Crippen LogP contribution in [-0.4, -0.2) is 26.3 Å². The Morgan fingerprint density at radius 1 is 1.30 bits per heavy atom. The van der Waals surface area contributed by atoms with Crippen molar-refractivity contribution in [3.8, 4) is 0 Å². The van der Waals surface area contributed by atoms with Crippen LogP contribution in [0, 0.1) is 0 Å². The zero-order chi connectivity index (χ0) is 14.3. The molecule has 20 heavy (non-hydrogen) atoms. The Kier molecular flexibility index (Phi) is 3.08. The molecule has 10 heteroatoms. The Balaban J connectivity index is 1.84. The highest BCUT2D eigenvalue weighted by Crippen LogP contribution is 2.30. The van der Waals surface area contributed by atoms with Crippen LogP contribution in [0.3, 0.4) is 0 Å². The molecule has 0 N–H and O–H groups in total. The van der Waals surface area contributed by atoms with Crippen molar-refractivity contribution in [3.05, 3.63) is 23.6 Å². The van der Waals surface area contributed by atoms with Gasteiger partial charge in [-0.3, -0.25) is 0 Å². The van der Waals surface area contributed by atoms with Crippen molar-refractivity contribution in [2.75, 3.05) is 11.4 Å². The molecule has 0 atom stereocenters. The van der Waals surface area contributed by atoms with Gasteiger partial charge < -0.3 is 13.9 Å². The van der Waals surface area contributed by atoms with Crippen LogP contribution in [0.4, 0.5) is 19.2 Å². The van der Waals surface area contributed by atoms with E-state index in [9.17, 15) is 13.2 Å². The van der Waals surface area contributed by atoms with Gasteiger partial charge in [0.1, 0.15) is 6.26 Å². The highest BCUT2D eigenvalue weighted by molar-refractivity contribution is 6.16. The number of nitrogens with zero attached hydrogens (tertiary/aromatic N) is 5. The van der Waals surface area contributed by atoms with E-state index in [1.165, 1.54) is 6.26 Å². The number of halogens is 4. The predicted octanol–water partition coefficient (Wildman–Crippen LogP) is 2.04. The molecule has 0 aromatic carbocycles. The summed E-state index contributed by atoms with van der Waals surface area (Å²) in [6.07, 6.45) is -3.08. The molecule has 2 aromatic heterocycles. The van der Waals surface area contributed by atoms with Gasteiger partial charge >= 0.3 is 6.18 Å². The summed E-state index contributed by atoms with van der Waals surface area (Å²) in [5.41, 5.74) is 0.574. The van der Waals surface area contributed by atoms with Gasteiger partial charge in [-0.15, -0.1) is 21.8 Å². The summed E-state index contributed by atoms with van der Waals surface area (Å²) in [5.74, 6) is -0.527. The van der Waals surface area contributed by atoms with Gasteiger partial charge in [0.2, 0.25) is 5.82 Å². The molecule has 0 unspecified atom stereocenters. The van der Waals surface area contributed by atoms with Gasteiger partial charge in [0.15, 0.2) is 5.82 Å². The monoisotopic (exact) mass is 307 g/mol. The second-order valence-electron chi connectivity index (χ2n) is 4.27. The number of rotatable bonds is 2. The maximum absolute atomic E-state index is 12.7. The van der Waals surface area contributed by atoms with Crippen molar-refractivity contribution in [1.29, 1.82) is 0 Å². The number of oxazole rings is 1. The van der Waals surface area contributed by atoms with E-state index in [1.807, 2.05) is 0 Å². The molecule has 0 spiro atoms. The average Bonchev–Trinajstić information content (AvgIpc) is 3.03. The SMILES string of the molecule is FC(F)(F)c1nnc2n1CCN(c1nc(CCl)co1)C2. The van der Waals surface area contributed by atoms with E-state index in [1.54, 1.807) is 4.90 Å². The summed E-state index contributed by atoms with van der Waals surface area (Å²) in [7, 11) is 0. The van der Waals surface area contributed by atoms with E-state index in [4.69, 9.17) is 16.0 Å². The smallest absolute Gasteiger partial charge is 0.432 e. The highest BCUT2D eigenvalue weighted by Gasteiger charge is 2.39. The molecule has 0 fully saturated rings. The van der Waals surface area contributed by atoms with Crippen LogP contribution in [0.2, 0.25) is 0 Å². The Hall–Kier alpha value is -1.77. The Labute approximate surface area is 116 Å². The van der Waals surface area contributed by atoms with Crippen LogP contribution in [-0.2, 0) is 25.1 Å². The van der Waals surface area contributed by atoms with Gasteiger partial charge in [-0.1, -0.05) is 0 Å². The first-order valence-corrected chi connectivity index (χ1v) is 6.27. The second kappa shape index (κ2) is 4.65. The molecule has 0 saturated carbocycles. The second-order valence-corrected chi connectivity index (χ2v) is 4.53. The lowest BCUT2D eigenvalue weighted by Crippen LogP contribution is -2.35. The zero-order valence-electron chi connectivity index (χ0n) is 10.1. The summed E-state index contributed by atoms with van der Waals surface area (Å²) in [6, 6.07) is 0.323. The fraction of sp³-hybridized carbons (Fsp3) is 0.500. The molecule has 6 nitrogen and oxygen atoms in total. The first-order chi connectivity index (χ1) is 9.49. The molecule has 2 aromatic rings. The summed E-state index contributed by atoms with van der Waals surface area (Å²) < 4.78 is 44.4. The number of hydrogen-bond donors (Lipinski definition) is 0. The normalized spacial score (nSPS) is 15.5. The number of anilines is 1. The van der Waals surface area contributed by atoms with Gasteiger partial charge in [0.25, 0.3) is 6.01 Å². The van der Waals surface area contributed by atoms with Crippen LogP contribution >= 0.6 is 11.6 Å². The minimum Gasteiger partial charge on any atom is -0.432 e. The van der Waals surface area contributed by atoms with E-state index >= 15 is 0 Å². The van der Waals surface area contributed by atoms with Crippen LogP contribution in [0.5, 0.6) is 0 Å². The predicted molar refractivity (Wildman–Crippen MR) is 62.1 cm³/mol. The van der Waals surface area contributed by atoms with Crippen LogP contribution in [0.15, 0.2) is 10.7 Å². The summed E-state index contributed by atoms with van der Waals surface area (Å²) in [4.78, 5) is 5.82. The van der Waals surface area contributed by atoms with E-state index in [2.05, 4.69) is 15.2 Å². The number of alkyl halides is 4. The van der Waals surface area contributed by atoms with Gasteiger partial charge in [-0.25, -0.2) is 0 Å². The summed E-state index contributed by atoms with van der Waals surface area (Å²) in [6.45, 7) is 0.609. The van der Waals surface area contributed by atoms with Crippen LogP contribution in [0.1, 0.15) is 17.3 Å². The largest absolute Gasteiger partial charge is 0.451 e. The third kappa shape index (κ3) is 2.21. The Morgan fingerprint density at radius 3 is 2.75 bits per heavy atom. The maximum atomic E-state index is 12.7. The van der Waals surface area contributed by atoms with Crippen LogP contribution < -0.4 is 4.90 Å². The first kappa shape index (κ1) is 13.2. The van der Waals surface area contributed by atoms with Crippen molar-refractivity contribution in [1.82, 2.24) is 19.7 Å². The Bertz CT molecular complexity index is 623. The molecule has 0 saturated heterocycles. The van der Waals surface area contributed by atoms with Crippen molar-refractivity contribution in [2.24, 2.45) is 0 Å². The van der Waals surface area contributed by atoms with E-state index in [0.717, 1.165) is 4.57 Å². The minimum atomic E-state index is -4.50. The highest BCUT2D eigenvalue weighted by atomic mass is 35.5. The molecule has 3 rings (SSSR count). The standard InChI is InChI=1S/C10H9ClF3N5O/c11-3-6-5-20-9(15-6)18-1-2-19-7(4-18)16-17-8(19)10(12,13)14/h5H,1-4H2. The zero-order valence-corrected chi connectivity index (χ0v) is 10.8. The molecule has 1 aliphatic rings. The topological polar surface area (TPSA) is 60.0 Å². The lowest BCUT2D eigenvalue weighted by atomic mass is 10.3. The molecule has 3 heterocycles. The van der Waals surface area contributed by atoms with Gasteiger partial charge in [-0.2, -0.15) is 18.2 Å². The average molecular weight is 308 g/mol. The van der Waals surface area contributed by atoms with Crippen LogP contribution in [0.25, 0.3) is 0 Å². The molecule has 108 valence electrons. The molecule has 0 radical (unpaired) electrons. The first-order valence-electron chi connectivity index (χ1n) is 5.73. The van der Waals surface area contributed by atoms with Crippen molar-refractivity contribution >= 4 is 17.6 Å². The Morgan fingerprint density at radius 2 is 2.10 bits per heavy atom. The summed E-state index contributed by atoms with van der Waals surface area (Å²) in [5, 5.41) is 6.79. The molecular weight excluding hydrogens is 299 g/mol. The fourth-order valence-electron chi connectivity index (χ4n) is 2.03.